The van der Waals surface area contributed by atoms with Gasteiger partial charge in [0.2, 0.25) is 0 Å². The van der Waals surface area contributed by atoms with Gasteiger partial charge in [0.1, 0.15) is 5.82 Å². The van der Waals surface area contributed by atoms with Crippen LogP contribution in [0.4, 0.5) is 4.39 Å². The number of hydrogen-bond acceptors (Lipinski definition) is 3. The van der Waals surface area contributed by atoms with E-state index >= 15 is 0 Å². The molecule has 1 aromatic carbocycles. The zero-order valence-electron chi connectivity index (χ0n) is 7.49. The molecule has 1 rings (SSSR count). The maximum Gasteiger partial charge on any atom is 0.335 e. The summed E-state index contributed by atoms with van der Waals surface area (Å²) in [7, 11) is 0.882. The molecular formula is C8H6ClFO4S. The molecule has 0 fully saturated rings. The summed E-state index contributed by atoms with van der Waals surface area (Å²) < 4.78 is 35.1. The predicted molar refractivity (Wildman–Crippen MR) is 51.1 cm³/mol. The minimum Gasteiger partial charge on any atom is -0.478 e. The normalized spacial score (nSPS) is 11.4. The summed E-state index contributed by atoms with van der Waals surface area (Å²) in [4.78, 5) is 10.0. The molecule has 0 aliphatic rings. The number of hydrogen-bond donors (Lipinski definition) is 1. The van der Waals surface area contributed by atoms with Gasteiger partial charge in [0, 0.05) is 16.2 Å². The third-order valence-electron chi connectivity index (χ3n) is 1.81. The zero-order valence-corrected chi connectivity index (χ0v) is 9.06. The minimum absolute atomic E-state index is 0.199. The number of carboxylic acid groups (broad SMARTS) is 1. The highest BCUT2D eigenvalue weighted by Crippen LogP contribution is 2.23. The molecule has 1 N–H and O–H groups in total. The minimum atomic E-state index is -4.14. The topological polar surface area (TPSA) is 71.4 Å². The van der Waals surface area contributed by atoms with Gasteiger partial charge in [0.15, 0.2) is 0 Å². The van der Waals surface area contributed by atoms with E-state index in [4.69, 9.17) is 15.8 Å². The summed E-state index contributed by atoms with van der Waals surface area (Å²) in [5.41, 5.74) is -0.660. The van der Waals surface area contributed by atoms with E-state index in [9.17, 15) is 17.6 Å². The molecule has 0 saturated heterocycles. The molecular weight excluding hydrogens is 247 g/mol. The first-order chi connectivity index (χ1) is 6.73. The van der Waals surface area contributed by atoms with Gasteiger partial charge in [-0.3, -0.25) is 0 Å². The van der Waals surface area contributed by atoms with E-state index in [0.717, 1.165) is 12.1 Å². The number of aromatic carboxylic acids is 1. The zero-order chi connectivity index (χ0) is 11.8. The second-order valence-corrected chi connectivity index (χ2v) is 5.36. The third kappa shape index (κ3) is 2.45. The molecule has 15 heavy (non-hydrogen) atoms. The third-order valence-corrected chi connectivity index (χ3v) is 3.25. The number of rotatable bonds is 2. The molecule has 0 aliphatic heterocycles. The first-order valence-electron chi connectivity index (χ1n) is 3.71. The average Bonchev–Trinajstić information content (AvgIpc) is 2.06. The van der Waals surface area contributed by atoms with E-state index in [1.807, 2.05) is 0 Å². The van der Waals surface area contributed by atoms with E-state index in [1.165, 1.54) is 6.92 Å². The lowest BCUT2D eigenvalue weighted by Crippen LogP contribution is -2.04. The van der Waals surface area contributed by atoms with Crippen molar-refractivity contribution in [3.63, 3.8) is 0 Å². The van der Waals surface area contributed by atoms with Gasteiger partial charge in [0.25, 0.3) is 9.05 Å². The van der Waals surface area contributed by atoms with Crippen LogP contribution >= 0.6 is 10.7 Å². The fourth-order valence-electron chi connectivity index (χ4n) is 1.03. The van der Waals surface area contributed by atoms with E-state index in [-0.39, 0.29) is 5.56 Å². The number of carboxylic acids is 1. The fraction of sp³-hybridized carbons (Fsp3) is 0.125. The lowest BCUT2D eigenvalue weighted by Gasteiger charge is -2.04. The summed E-state index contributed by atoms with van der Waals surface area (Å²) in [6.45, 7) is 1.20. The molecule has 1 aromatic rings. The largest absolute Gasteiger partial charge is 0.478 e. The highest BCUT2D eigenvalue weighted by Gasteiger charge is 2.19. The first kappa shape index (κ1) is 11.9. The average molecular weight is 253 g/mol. The Hall–Kier alpha value is -1.14. The van der Waals surface area contributed by atoms with Crippen molar-refractivity contribution in [1.29, 1.82) is 0 Å². The Kier molecular flexibility index (Phi) is 3.01. The van der Waals surface area contributed by atoms with Crippen LogP contribution in [-0.4, -0.2) is 19.5 Å². The van der Waals surface area contributed by atoms with Gasteiger partial charge in [-0.25, -0.2) is 17.6 Å². The van der Waals surface area contributed by atoms with Crippen molar-refractivity contribution in [3.05, 3.63) is 29.1 Å². The maximum absolute atomic E-state index is 13.1. The number of halogens is 2. The second-order valence-electron chi connectivity index (χ2n) is 2.82. The van der Waals surface area contributed by atoms with Crippen LogP contribution in [0.15, 0.2) is 17.0 Å². The smallest absolute Gasteiger partial charge is 0.335 e. The fourth-order valence-corrected chi connectivity index (χ4v) is 2.24. The van der Waals surface area contributed by atoms with Gasteiger partial charge < -0.3 is 5.11 Å². The summed E-state index contributed by atoms with van der Waals surface area (Å²) in [5, 5.41) is 8.59. The molecule has 0 atom stereocenters. The first-order valence-corrected chi connectivity index (χ1v) is 6.02. The predicted octanol–water partition coefficient (Wildman–Crippen LogP) is 1.76. The molecule has 0 aromatic heterocycles. The Morgan fingerprint density at radius 3 is 2.40 bits per heavy atom. The standard InChI is InChI=1S/C8H6ClFO4S/c1-4-6(10)2-5(8(11)12)3-7(4)15(9,13)14/h2-3H,1H3,(H,11,12). The molecule has 7 heteroatoms. The van der Waals surface area contributed by atoms with E-state index < -0.39 is 31.3 Å². The summed E-state index contributed by atoms with van der Waals surface area (Å²) in [5.74, 6) is -2.34. The van der Waals surface area contributed by atoms with E-state index in [1.54, 1.807) is 0 Å². The molecule has 0 aliphatic carbocycles. The molecule has 0 radical (unpaired) electrons. The quantitative estimate of drug-likeness (QED) is 0.814. The van der Waals surface area contributed by atoms with Crippen LogP contribution in [0.2, 0.25) is 0 Å². The van der Waals surface area contributed by atoms with Gasteiger partial charge in [0.05, 0.1) is 10.5 Å². The Labute approximate surface area is 89.7 Å². The van der Waals surface area contributed by atoms with Gasteiger partial charge in [-0.1, -0.05) is 0 Å². The van der Waals surface area contributed by atoms with Gasteiger partial charge in [-0.15, -0.1) is 0 Å². The molecule has 0 spiro atoms. The van der Waals surface area contributed by atoms with Crippen LogP contribution in [0.3, 0.4) is 0 Å². The SMILES string of the molecule is Cc1c(F)cc(C(=O)O)cc1S(=O)(=O)Cl. The van der Waals surface area contributed by atoms with Gasteiger partial charge in [-0.2, -0.15) is 0 Å². The van der Waals surface area contributed by atoms with E-state index in [2.05, 4.69) is 0 Å². The summed E-state index contributed by atoms with van der Waals surface area (Å²) >= 11 is 0. The summed E-state index contributed by atoms with van der Waals surface area (Å²) in [6, 6.07) is 1.56. The van der Waals surface area contributed by atoms with Crippen molar-refractivity contribution in [2.45, 2.75) is 11.8 Å². The molecule has 0 amide bonds. The molecule has 0 bridgehead atoms. The Balaban J connectivity index is 3.59. The van der Waals surface area contributed by atoms with Crippen molar-refractivity contribution in [2.75, 3.05) is 0 Å². The van der Waals surface area contributed by atoms with Crippen LogP contribution in [0.25, 0.3) is 0 Å². The van der Waals surface area contributed by atoms with Gasteiger partial charge in [-0.05, 0) is 19.1 Å². The number of benzene rings is 1. The van der Waals surface area contributed by atoms with Crippen molar-refractivity contribution >= 4 is 25.7 Å². The maximum atomic E-state index is 13.1. The monoisotopic (exact) mass is 252 g/mol. The second kappa shape index (κ2) is 3.79. The van der Waals surface area contributed by atoms with Crippen LogP contribution in [0.5, 0.6) is 0 Å². The molecule has 0 unspecified atom stereocenters. The van der Waals surface area contributed by atoms with E-state index in [0.29, 0.717) is 0 Å². The molecule has 0 heterocycles. The molecule has 82 valence electrons. The van der Waals surface area contributed by atoms with Crippen LogP contribution in [0, 0.1) is 12.7 Å². The number of carbonyl (C=O) groups is 1. The lowest BCUT2D eigenvalue weighted by atomic mass is 10.1. The molecule has 0 saturated carbocycles. The Morgan fingerprint density at radius 2 is 2.00 bits per heavy atom. The highest BCUT2D eigenvalue weighted by molar-refractivity contribution is 8.13. The highest BCUT2D eigenvalue weighted by atomic mass is 35.7. The van der Waals surface area contributed by atoms with Crippen LogP contribution in [0.1, 0.15) is 15.9 Å². The van der Waals surface area contributed by atoms with Crippen LogP contribution in [-0.2, 0) is 9.05 Å². The molecule has 4 nitrogen and oxygen atoms in total. The van der Waals surface area contributed by atoms with Crippen molar-refractivity contribution in [3.8, 4) is 0 Å². The van der Waals surface area contributed by atoms with Crippen molar-refractivity contribution in [2.24, 2.45) is 0 Å². The van der Waals surface area contributed by atoms with Crippen molar-refractivity contribution < 1.29 is 22.7 Å². The lowest BCUT2D eigenvalue weighted by molar-refractivity contribution is 0.0696. The van der Waals surface area contributed by atoms with Crippen LogP contribution < -0.4 is 0 Å². The summed E-state index contributed by atoms with van der Waals surface area (Å²) in [6.07, 6.45) is 0. The van der Waals surface area contributed by atoms with Crippen molar-refractivity contribution in [1.82, 2.24) is 0 Å². The Morgan fingerprint density at radius 1 is 1.47 bits per heavy atom. The van der Waals surface area contributed by atoms with Gasteiger partial charge >= 0.3 is 5.97 Å². The Bertz CT molecular complexity index is 524.